The standard InChI is InChI=1S/C10H11NO4/c12-10(13)11-7-2-1-3-8(4-7)14-5-9-6-15-9/h1-4,9,11H,5-6H2,(H,12,13). The van der Waals surface area contributed by atoms with Crippen molar-refractivity contribution in [2.45, 2.75) is 6.10 Å². The van der Waals surface area contributed by atoms with Gasteiger partial charge in [-0.2, -0.15) is 0 Å². The van der Waals surface area contributed by atoms with Gasteiger partial charge in [-0.05, 0) is 12.1 Å². The molecule has 0 spiro atoms. The van der Waals surface area contributed by atoms with Crippen molar-refractivity contribution < 1.29 is 19.4 Å². The lowest BCUT2D eigenvalue weighted by atomic mass is 10.3. The minimum absolute atomic E-state index is 0.195. The topological polar surface area (TPSA) is 71.1 Å². The number of benzene rings is 1. The summed E-state index contributed by atoms with van der Waals surface area (Å²) < 4.78 is 10.4. The quantitative estimate of drug-likeness (QED) is 0.738. The van der Waals surface area contributed by atoms with Crippen molar-refractivity contribution in [2.24, 2.45) is 0 Å². The molecule has 1 aliphatic heterocycles. The fraction of sp³-hybridized carbons (Fsp3) is 0.300. The highest BCUT2D eigenvalue weighted by Gasteiger charge is 2.22. The van der Waals surface area contributed by atoms with Crippen molar-refractivity contribution in [3.8, 4) is 5.75 Å². The number of epoxide rings is 1. The molecule has 1 fully saturated rings. The first-order valence-corrected chi connectivity index (χ1v) is 4.58. The maximum atomic E-state index is 10.4. The second-order valence-corrected chi connectivity index (χ2v) is 3.22. The highest BCUT2D eigenvalue weighted by atomic mass is 16.6. The van der Waals surface area contributed by atoms with Gasteiger partial charge in [0.15, 0.2) is 0 Å². The number of carboxylic acid groups (broad SMARTS) is 1. The fourth-order valence-corrected chi connectivity index (χ4v) is 1.14. The normalized spacial score (nSPS) is 18.3. The molecule has 0 aromatic heterocycles. The lowest BCUT2D eigenvalue weighted by Gasteiger charge is -2.06. The molecule has 2 rings (SSSR count). The van der Waals surface area contributed by atoms with E-state index in [1.165, 1.54) is 0 Å². The largest absolute Gasteiger partial charge is 0.491 e. The van der Waals surface area contributed by atoms with Crippen LogP contribution >= 0.6 is 0 Å². The summed E-state index contributed by atoms with van der Waals surface area (Å²) in [6, 6.07) is 6.80. The molecule has 0 saturated carbocycles. The summed E-state index contributed by atoms with van der Waals surface area (Å²) >= 11 is 0. The van der Waals surface area contributed by atoms with E-state index in [1.807, 2.05) is 0 Å². The molecule has 80 valence electrons. The first kappa shape index (κ1) is 9.79. The first-order valence-electron chi connectivity index (χ1n) is 4.58. The molecule has 0 radical (unpaired) electrons. The van der Waals surface area contributed by atoms with Crippen LogP contribution in [0.1, 0.15) is 0 Å². The number of hydrogen-bond donors (Lipinski definition) is 2. The lowest BCUT2D eigenvalue weighted by molar-refractivity contribution is 0.209. The molecular weight excluding hydrogens is 198 g/mol. The van der Waals surface area contributed by atoms with Crippen LogP contribution in [0.4, 0.5) is 10.5 Å². The Balaban J connectivity index is 1.94. The van der Waals surface area contributed by atoms with Crippen LogP contribution < -0.4 is 10.1 Å². The van der Waals surface area contributed by atoms with E-state index in [4.69, 9.17) is 14.6 Å². The number of rotatable bonds is 4. The van der Waals surface area contributed by atoms with Gasteiger partial charge in [-0.3, -0.25) is 5.32 Å². The van der Waals surface area contributed by atoms with Crippen molar-refractivity contribution >= 4 is 11.8 Å². The Morgan fingerprint density at radius 2 is 2.47 bits per heavy atom. The summed E-state index contributed by atoms with van der Waals surface area (Å²) in [5.74, 6) is 0.636. The van der Waals surface area contributed by atoms with Crippen LogP contribution in [0.15, 0.2) is 24.3 Å². The van der Waals surface area contributed by atoms with Gasteiger partial charge in [0.2, 0.25) is 0 Å². The summed E-state index contributed by atoms with van der Waals surface area (Å²) in [5, 5.41) is 10.8. The molecule has 1 saturated heterocycles. The molecule has 1 heterocycles. The van der Waals surface area contributed by atoms with E-state index in [1.54, 1.807) is 24.3 Å². The summed E-state index contributed by atoms with van der Waals surface area (Å²) in [6.07, 6.45) is -0.890. The average molecular weight is 209 g/mol. The van der Waals surface area contributed by atoms with E-state index in [2.05, 4.69) is 5.32 Å². The second-order valence-electron chi connectivity index (χ2n) is 3.22. The van der Waals surface area contributed by atoms with Crippen molar-refractivity contribution in [3.05, 3.63) is 24.3 Å². The lowest BCUT2D eigenvalue weighted by Crippen LogP contribution is -2.08. The molecule has 5 nitrogen and oxygen atoms in total. The van der Waals surface area contributed by atoms with Gasteiger partial charge in [-0.1, -0.05) is 6.07 Å². The molecule has 1 aromatic carbocycles. The van der Waals surface area contributed by atoms with Gasteiger partial charge < -0.3 is 14.6 Å². The van der Waals surface area contributed by atoms with E-state index in [0.29, 0.717) is 18.0 Å². The predicted octanol–water partition coefficient (Wildman–Crippen LogP) is 1.55. The SMILES string of the molecule is O=C(O)Nc1cccc(OCC2CO2)c1. The maximum absolute atomic E-state index is 10.4. The van der Waals surface area contributed by atoms with Gasteiger partial charge in [0, 0.05) is 11.8 Å². The Kier molecular flexibility index (Phi) is 2.73. The molecule has 0 aliphatic carbocycles. The smallest absolute Gasteiger partial charge is 0.409 e. The number of ether oxygens (including phenoxy) is 2. The van der Waals surface area contributed by atoms with Gasteiger partial charge in [0.25, 0.3) is 0 Å². The Morgan fingerprint density at radius 1 is 1.67 bits per heavy atom. The van der Waals surface area contributed by atoms with Gasteiger partial charge in [0.05, 0.1) is 6.61 Å². The van der Waals surface area contributed by atoms with Crippen LogP contribution in [0.25, 0.3) is 0 Å². The van der Waals surface area contributed by atoms with Crippen molar-refractivity contribution in [3.63, 3.8) is 0 Å². The fourth-order valence-electron chi connectivity index (χ4n) is 1.14. The zero-order valence-electron chi connectivity index (χ0n) is 7.97. The third kappa shape index (κ3) is 3.14. The third-order valence-electron chi connectivity index (χ3n) is 1.92. The molecule has 2 N–H and O–H groups in total. The zero-order valence-corrected chi connectivity index (χ0v) is 7.97. The van der Waals surface area contributed by atoms with Crippen LogP contribution in [0.2, 0.25) is 0 Å². The number of hydrogen-bond acceptors (Lipinski definition) is 3. The van der Waals surface area contributed by atoms with Crippen molar-refractivity contribution in [2.75, 3.05) is 18.5 Å². The van der Waals surface area contributed by atoms with Crippen molar-refractivity contribution in [1.29, 1.82) is 0 Å². The third-order valence-corrected chi connectivity index (χ3v) is 1.92. The molecular formula is C10H11NO4. The summed E-state index contributed by atoms with van der Waals surface area (Å²) in [6.45, 7) is 1.25. The van der Waals surface area contributed by atoms with Crippen LogP contribution in [-0.2, 0) is 4.74 Å². The van der Waals surface area contributed by atoms with Crippen LogP contribution in [0, 0.1) is 0 Å². The number of carbonyl (C=O) groups is 1. The van der Waals surface area contributed by atoms with E-state index >= 15 is 0 Å². The summed E-state index contributed by atoms with van der Waals surface area (Å²) in [4.78, 5) is 10.4. The highest BCUT2D eigenvalue weighted by molar-refractivity contribution is 5.83. The van der Waals surface area contributed by atoms with Crippen molar-refractivity contribution in [1.82, 2.24) is 0 Å². The van der Waals surface area contributed by atoms with Crippen LogP contribution in [-0.4, -0.2) is 30.5 Å². The monoisotopic (exact) mass is 209 g/mol. The maximum Gasteiger partial charge on any atom is 0.409 e. The molecule has 1 amide bonds. The minimum Gasteiger partial charge on any atom is -0.491 e. The Labute approximate surface area is 86.6 Å². The summed E-state index contributed by atoms with van der Waals surface area (Å²) in [5.41, 5.74) is 0.497. The van der Waals surface area contributed by atoms with Gasteiger partial charge in [-0.25, -0.2) is 4.79 Å². The Hall–Kier alpha value is -1.75. The predicted molar refractivity (Wildman–Crippen MR) is 53.3 cm³/mol. The Bertz CT molecular complexity index is 362. The molecule has 15 heavy (non-hydrogen) atoms. The van der Waals surface area contributed by atoms with Gasteiger partial charge in [0.1, 0.15) is 18.5 Å². The van der Waals surface area contributed by atoms with Crippen LogP contribution in [0.5, 0.6) is 5.75 Å². The van der Waals surface area contributed by atoms with Gasteiger partial charge in [-0.15, -0.1) is 0 Å². The molecule has 1 aromatic rings. The van der Waals surface area contributed by atoms with E-state index in [0.717, 1.165) is 6.61 Å². The number of nitrogens with one attached hydrogen (secondary N) is 1. The molecule has 1 atom stereocenters. The van der Waals surface area contributed by atoms with E-state index in [9.17, 15) is 4.79 Å². The average Bonchev–Trinajstić information content (AvgIpc) is 2.97. The Morgan fingerprint density at radius 3 is 3.13 bits per heavy atom. The number of amides is 1. The van der Waals surface area contributed by atoms with E-state index in [-0.39, 0.29) is 6.10 Å². The molecule has 1 aliphatic rings. The zero-order chi connectivity index (χ0) is 10.7. The molecule has 0 bridgehead atoms. The second kappa shape index (κ2) is 4.18. The first-order chi connectivity index (χ1) is 7.24. The van der Waals surface area contributed by atoms with Gasteiger partial charge >= 0.3 is 6.09 Å². The molecule has 5 heteroatoms. The van der Waals surface area contributed by atoms with E-state index < -0.39 is 6.09 Å². The number of anilines is 1. The summed E-state index contributed by atoms with van der Waals surface area (Å²) in [7, 11) is 0. The minimum atomic E-state index is -1.09. The highest BCUT2D eigenvalue weighted by Crippen LogP contribution is 2.19. The molecule has 1 unspecified atom stereocenters. The van der Waals surface area contributed by atoms with Crippen LogP contribution in [0.3, 0.4) is 0 Å².